The number of ketones is 1. The highest BCUT2D eigenvalue weighted by Crippen LogP contribution is 2.29. The van der Waals surface area contributed by atoms with Gasteiger partial charge in [0.15, 0.2) is 0 Å². The zero-order valence-corrected chi connectivity index (χ0v) is 10.8. The van der Waals surface area contributed by atoms with Crippen molar-refractivity contribution in [1.82, 2.24) is 0 Å². The van der Waals surface area contributed by atoms with Crippen LogP contribution in [0.25, 0.3) is 0 Å². The van der Waals surface area contributed by atoms with Crippen molar-refractivity contribution in [2.45, 2.75) is 19.4 Å². The zero-order chi connectivity index (χ0) is 13.3. The van der Waals surface area contributed by atoms with Gasteiger partial charge >= 0.3 is 0 Å². The first-order chi connectivity index (χ1) is 8.43. The fraction of sp³-hybridized carbons (Fsp3) is 0.462. The Balaban J connectivity index is 2.14. The molecular formula is C13H15ClFNO2. The minimum absolute atomic E-state index is 0.0331. The average Bonchev–Trinajstić information content (AvgIpc) is 2.66. The minimum Gasteiger partial charge on any atom is -0.379 e. The quantitative estimate of drug-likeness (QED) is 0.914. The number of hydrogen-bond acceptors (Lipinski definition) is 3. The van der Waals surface area contributed by atoms with Gasteiger partial charge in [0.1, 0.15) is 11.6 Å². The fourth-order valence-electron chi connectivity index (χ4n) is 2.01. The summed E-state index contributed by atoms with van der Waals surface area (Å²) in [6.45, 7) is 2.50. The van der Waals surface area contributed by atoms with E-state index >= 15 is 0 Å². The summed E-state index contributed by atoms with van der Waals surface area (Å²) in [5.74, 6) is -0.548. The Morgan fingerprint density at radius 3 is 2.94 bits per heavy atom. The third-order valence-corrected chi connectivity index (χ3v) is 3.81. The maximum atomic E-state index is 13.3. The average molecular weight is 272 g/mol. The van der Waals surface area contributed by atoms with Gasteiger partial charge < -0.3 is 10.5 Å². The van der Waals surface area contributed by atoms with E-state index in [1.54, 1.807) is 13.0 Å². The molecule has 1 aliphatic heterocycles. The molecule has 0 spiro atoms. The van der Waals surface area contributed by atoms with Crippen molar-refractivity contribution in [2.75, 3.05) is 13.2 Å². The standard InChI is InChI=1S/C13H15ClFNO2/c1-13(7-18-6-11(13)16)12(17)5-8-2-3-9(14)10(15)4-8/h2-4,11H,5-7,16H2,1H3. The molecule has 3 nitrogen and oxygen atoms in total. The molecule has 0 saturated carbocycles. The summed E-state index contributed by atoms with van der Waals surface area (Å²) in [5, 5.41) is 0.0540. The Kier molecular flexibility index (Phi) is 3.71. The number of rotatable bonds is 3. The van der Waals surface area contributed by atoms with Crippen LogP contribution in [0.3, 0.4) is 0 Å². The van der Waals surface area contributed by atoms with Crippen LogP contribution in [0.5, 0.6) is 0 Å². The van der Waals surface area contributed by atoms with Crippen LogP contribution >= 0.6 is 11.6 Å². The summed E-state index contributed by atoms with van der Waals surface area (Å²) in [4.78, 5) is 12.2. The number of Topliss-reactive ketones (excluding diaryl/α,β-unsaturated/α-hetero) is 1. The van der Waals surface area contributed by atoms with Crippen molar-refractivity contribution in [1.29, 1.82) is 0 Å². The molecule has 0 bridgehead atoms. The Morgan fingerprint density at radius 2 is 2.39 bits per heavy atom. The Bertz CT molecular complexity index is 480. The number of benzene rings is 1. The van der Waals surface area contributed by atoms with Gasteiger partial charge in [-0.15, -0.1) is 0 Å². The molecule has 1 heterocycles. The lowest BCUT2D eigenvalue weighted by Gasteiger charge is -2.25. The lowest BCUT2D eigenvalue weighted by atomic mass is 9.79. The van der Waals surface area contributed by atoms with Gasteiger partial charge in [-0.1, -0.05) is 17.7 Å². The molecule has 98 valence electrons. The minimum atomic E-state index is -0.684. The van der Waals surface area contributed by atoms with Gasteiger partial charge in [-0.05, 0) is 24.6 Å². The van der Waals surface area contributed by atoms with E-state index in [4.69, 9.17) is 22.1 Å². The van der Waals surface area contributed by atoms with Gasteiger partial charge in [0.25, 0.3) is 0 Å². The van der Waals surface area contributed by atoms with E-state index < -0.39 is 11.2 Å². The largest absolute Gasteiger partial charge is 0.379 e. The van der Waals surface area contributed by atoms with Gasteiger partial charge in [0, 0.05) is 12.5 Å². The van der Waals surface area contributed by atoms with Gasteiger partial charge in [0.2, 0.25) is 0 Å². The maximum Gasteiger partial charge on any atom is 0.147 e. The molecule has 1 aromatic rings. The molecule has 2 rings (SSSR count). The molecule has 2 atom stereocenters. The summed E-state index contributed by atoms with van der Waals surface area (Å²) >= 11 is 5.59. The molecule has 2 unspecified atom stereocenters. The number of halogens is 2. The number of carbonyl (C=O) groups is 1. The molecule has 1 fully saturated rings. The van der Waals surface area contributed by atoms with Crippen LogP contribution in [0.2, 0.25) is 5.02 Å². The molecule has 2 N–H and O–H groups in total. The molecule has 0 amide bonds. The lowest BCUT2D eigenvalue weighted by molar-refractivity contribution is -0.127. The molecule has 0 radical (unpaired) electrons. The Hall–Kier alpha value is -0.970. The van der Waals surface area contributed by atoms with Crippen LogP contribution in [0, 0.1) is 11.2 Å². The normalized spacial score (nSPS) is 27.4. The summed E-state index contributed by atoms with van der Waals surface area (Å²) in [5.41, 5.74) is 5.80. The second kappa shape index (κ2) is 4.96. The van der Waals surface area contributed by atoms with Crippen LogP contribution in [0.1, 0.15) is 12.5 Å². The predicted octanol–water partition coefficient (Wildman–Crippen LogP) is 1.95. The van der Waals surface area contributed by atoms with Gasteiger partial charge in [0.05, 0.1) is 23.7 Å². The summed E-state index contributed by atoms with van der Waals surface area (Å²) in [6, 6.07) is 4.08. The highest BCUT2D eigenvalue weighted by atomic mass is 35.5. The van der Waals surface area contributed by atoms with Crippen LogP contribution in [0.15, 0.2) is 18.2 Å². The molecule has 18 heavy (non-hydrogen) atoms. The monoisotopic (exact) mass is 271 g/mol. The van der Waals surface area contributed by atoms with Crippen molar-refractivity contribution in [3.8, 4) is 0 Å². The topological polar surface area (TPSA) is 52.3 Å². The lowest BCUT2D eigenvalue weighted by Crippen LogP contribution is -2.45. The molecular weight excluding hydrogens is 257 g/mol. The van der Waals surface area contributed by atoms with Crippen molar-refractivity contribution >= 4 is 17.4 Å². The van der Waals surface area contributed by atoms with Gasteiger partial charge in [-0.3, -0.25) is 4.79 Å². The molecule has 1 saturated heterocycles. The van der Waals surface area contributed by atoms with Gasteiger partial charge in [-0.2, -0.15) is 0 Å². The highest BCUT2D eigenvalue weighted by molar-refractivity contribution is 6.30. The third-order valence-electron chi connectivity index (χ3n) is 3.50. The third kappa shape index (κ3) is 2.41. The number of hydrogen-bond donors (Lipinski definition) is 1. The van der Waals surface area contributed by atoms with Crippen LogP contribution in [-0.4, -0.2) is 25.0 Å². The molecule has 5 heteroatoms. The Labute approximate surface area is 110 Å². The highest BCUT2D eigenvalue weighted by Gasteiger charge is 2.43. The number of ether oxygens (including phenoxy) is 1. The number of nitrogens with two attached hydrogens (primary N) is 1. The Morgan fingerprint density at radius 1 is 1.67 bits per heavy atom. The van der Waals surface area contributed by atoms with E-state index in [-0.39, 0.29) is 23.3 Å². The predicted molar refractivity (Wildman–Crippen MR) is 67.0 cm³/mol. The van der Waals surface area contributed by atoms with E-state index in [2.05, 4.69) is 0 Å². The first-order valence-electron chi connectivity index (χ1n) is 5.74. The van der Waals surface area contributed by atoms with Crippen LogP contribution in [-0.2, 0) is 16.0 Å². The molecule has 1 aromatic carbocycles. The van der Waals surface area contributed by atoms with E-state index in [0.717, 1.165) is 0 Å². The van der Waals surface area contributed by atoms with E-state index in [9.17, 15) is 9.18 Å². The van der Waals surface area contributed by atoms with Crippen LogP contribution in [0.4, 0.5) is 4.39 Å². The number of carbonyl (C=O) groups excluding carboxylic acids is 1. The van der Waals surface area contributed by atoms with Gasteiger partial charge in [-0.25, -0.2) is 4.39 Å². The van der Waals surface area contributed by atoms with Crippen LogP contribution < -0.4 is 5.73 Å². The van der Waals surface area contributed by atoms with Crippen molar-refractivity contribution in [3.63, 3.8) is 0 Å². The summed E-state index contributed by atoms with van der Waals surface area (Å²) < 4.78 is 18.5. The fourth-order valence-corrected chi connectivity index (χ4v) is 2.13. The molecule has 0 aromatic heterocycles. The second-order valence-electron chi connectivity index (χ2n) is 4.89. The first kappa shape index (κ1) is 13.5. The molecule has 1 aliphatic rings. The summed E-state index contributed by atoms with van der Waals surface area (Å²) in [6.07, 6.45) is 0.141. The van der Waals surface area contributed by atoms with E-state index in [1.807, 2.05) is 0 Å². The van der Waals surface area contributed by atoms with Crippen molar-refractivity contribution in [2.24, 2.45) is 11.1 Å². The zero-order valence-electron chi connectivity index (χ0n) is 10.1. The van der Waals surface area contributed by atoms with Crippen molar-refractivity contribution < 1.29 is 13.9 Å². The SMILES string of the molecule is CC1(C(=O)Cc2ccc(Cl)c(F)c2)COCC1N. The first-order valence-corrected chi connectivity index (χ1v) is 6.12. The smallest absolute Gasteiger partial charge is 0.147 e. The van der Waals surface area contributed by atoms with E-state index in [1.165, 1.54) is 12.1 Å². The van der Waals surface area contributed by atoms with E-state index in [0.29, 0.717) is 18.8 Å². The maximum absolute atomic E-state index is 13.3. The molecule has 0 aliphatic carbocycles. The summed E-state index contributed by atoms with van der Waals surface area (Å²) in [7, 11) is 0. The second-order valence-corrected chi connectivity index (χ2v) is 5.29. The van der Waals surface area contributed by atoms with Crippen molar-refractivity contribution in [3.05, 3.63) is 34.6 Å².